The minimum Gasteiger partial charge on any atom is -0.340 e. The van der Waals surface area contributed by atoms with E-state index in [0.29, 0.717) is 16.5 Å². The number of aryl methyl sites for hydroxylation is 1. The predicted molar refractivity (Wildman–Crippen MR) is 143 cm³/mol. The summed E-state index contributed by atoms with van der Waals surface area (Å²) in [5.74, 6) is 1.96. The van der Waals surface area contributed by atoms with Crippen LogP contribution in [-0.4, -0.2) is 31.1 Å². The van der Waals surface area contributed by atoms with E-state index >= 15 is 0 Å². The third-order valence-corrected chi connectivity index (χ3v) is 6.23. The van der Waals surface area contributed by atoms with Crippen LogP contribution in [0.4, 0.5) is 11.5 Å². The maximum atomic E-state index is 12.7. The molecular formula is C28H23N5OS. The standard InChI is InChI=1S/C28H23N5OS/c1-3-16-35-28-31-27-29-19(2)17-26(33(27)32-28)30-24-13-11-22(12-14-24)25(34)15-9-20-8-10-21-6-4-5-7-23(21)18-20/h3-15,17-18,30H,1,16H2,2H3/b15-9+. The Labute approximate surface area is 207 Å². The van der Waals surface area contributed by atoms with E-state index in [4.69, 9.17) is 0 Å². The van der Waals surface area contributed by atoms with Gasteiger partial charge in [-0.05, 0) is 59.7 Å². The third kappa shape index (κ3) is 5.15. The number of carbonyl (C=O) groups is 1. The van der Waals surface area contributed by atoms with Crippen LogP contribution in [0, 0.1) is 6.92 Å². The Morgan fingerprint density at radius 1 is 1.03 bits per heavy atom. The zero-order valence-corrected chi connectivity index (χ0v) is 20.0. The summed E-state index contributed by atoms with van der Waals surface area (Å²) in [6.45, 7) is 5.65. The Morgan fingerprint density at radius 2 is 1.83 bits per heavy atom. The summed E-state index contributed by atoms with van der Waals surface area (Å²) in [6.07, 6.45) is 5.28. The predicted octanol–water partition coefficient (Wildman–Crippen LogP) is 6.50. The Bertz CT molecular complexity index is 1570. The van der Waals surface area contributed by atoms with E-state index in [-0.39, 0.29) is 5.78 Å². The van der Waals surface area contributed by atoms with Crippen molar-refractivity contribution in [3.05, 3.63) is 108 Å². The monoisotopic (exact) mass is 477 g/mol. The van der Waals surface area contributed by atoms with Gasteiger partial charge in [-0.1, -0.05) is 60.3 Å². The number of hydrogen-bond acceptors (Lipinski definition) is 6. The molecule has 7 heteroatoms. The van der Waals surface area contributed by atoms with Crippen molar-refractivity contribution in [2.45, 2.75) is 12.1 Å². The number of nitrogens with zero attached hydrogens (tertiary/aromatic N) is 4. The van der Waals surface area contributed by atoms with Crippen LogP contribution in [0.5, 0.6) is 0 Å². The van der Waals surface area contributed by atoms with Crippen molar-refractivity contribution in [1.82, 2.24) is 19.6 Å². The molecule has 0 fully saturated rings. The first kappa shape index (κ1) is 22.6. The molecule has 5 aromatic rings. The van der Waals surface area contributed by atoms with Crippen molar-refractivity contribution in [2.24, 2.45) is 0 Å². The van der Waals surface area contributed by atoms with Gasteiger partial charge in [-0.15, -0.1) is 11.7 Å². The van der Waals surface area contributed by atoms with Crippen LogP contribution in [0.3, 0.4) is 0 Å². The highest BCUT2D eigenvalue weighted by atomic mass is 32.2. The number of thioether (sulfide) groups is 1. The molecule has 0 unspecified atom stereocenters. The topological polar surface area (TPSA) is 72.2 Å². The van der Waals surface area contributed by atoms with Crippen molar-refractivity contribution in [2.75, 3.05) is 11.1 Å². The van der Waals surface area contributed by atoms with Crippen molar-refractivity contribution >= 4 is 51.7 Å². The number of fused-ring (bicyclic) bond motifs is 2. The van der Waals surface area contributed by atoms with Crippen LogP contribution in [0.2, 0.25) is 0 Å². The number of anilines is 2. The van der Waals surface area contributed by atoms with E-state index in [1.165, 1.54) is 17.1 Å². The Hall–Kier alpha value is -4.23. The average Bonchev–Trinajstić information content (AvgIpc) is 3.29. The molecule has 0 aliphatic carbocycles. The lowest BCUT2D eigenvalue weighted by Gasteiger charge is -2.09. The lowest BCUT2D eigenvalue weighted by Crippen LogP contribution is -2.03. The Morgan fingerprint density at radius 3 is 2.63 bits per heavy atom. The molecule has 172 valence electrons. The van der Waals surface area contributed by atoms with Crippen LogP contribution >= 0.6 is 11.8 Å². The number of benzene rings is 3. The number of aromatic nitrogens is 4. The van der Waals surface area contributed by atoms with Gasteiger partial charge in [0, 0.05) is 28.8 Å². The minimum atomic E-state index is -0.0491. The highest BCUT2D eigenvalue weighted by molar-refractivity contribution is 7.99. The summed E-state index contributed by atoms with van der Waals surface area (Å²) >= 11 is 1.50. The van der Waals surface area contributed by atoms with Gasteiger partial charge in [0.25, 0.3) is 5.78 Å². The molecule has 0 radical (unpaired) electrons. The molecule has 2 aromatic heterocycles. The molecule has 0 amide bonds. The molecule has 0 aliphatic rings. The minimum absolute atomic E-state index is 0.0491. The summed E-state index contributed by atoms with van der Waals surface area (Å²) in [5.41, 5.74) is 3.28. The molecule has 0 bridgehead atoms. The van der Waals surface area contributed by atoms with Gasteiger partial charge in [0.15, 0.2) is 5.78 Å². The van der Waals surface area contributed by atoms with Crippen molar-refractivity contribution < 1.29 is 4.79 Å². The summed E-state index contributed by atoms with van der Waals surface area (Å²) in [4.78, 5) is 21.7. The van der Waals surface area contributed by atoms with E-state index in [0.717, 1.165) is 33.9 Å². The first-order chi connectivity index (χ1) is 17.1. The van der Waals surface area contributed by atoms with Gasteiger partial charge in [0.2, 0.25) is 5.16 Å². The first-order valence-electron chi connectivity index (χ1n) is 11.2. The largest absolute Gasteiger partial charge is 0.340 e. The number of allylic oxidation sites excluding steroid dienone is 1. The van der Waals surface area contributed by atoms with Gasteiger partial charge >= 0.3 is 0 Å². The van der Waals surface area contributed by atoms with E-state index in [1.54, 1.807) is 10.6 Å². The number of rotatable bonds is 8. The number of nitrogens with one attached hydrogen (secondary N) is 1. The van der Waals surface area contributed by atoms with Crippen molar-refractivity contribution in [3.8, 4) is 0 Å². The lowest BCUT2D eigenvalue weighted by molar-refractivity contribution is 0.104. The van der Waals surface area contributed by atoms with Crippen LogP contribution in [0.15, 0.2) is 96.7 Å². The van der Waals surface area contributed by atoms with E-state index in [2.05, 4.69) is 51.2 Å². The molecule has 0 saturated heterocycles. The summed E-state index contributed by atoms with van der Waals surface area (Å²) in [6, 6.07) is 23.6. The van der Waals surface area contributed by atoms with Gasteiger partial charge in [-0.3, -0.25) is 4.79 Å². The highest BCUT2D eigenvalue weighted by Gasteiger charge is 2.11. The van der Waals surface area contributed by atoms with Gasteiger partial charge in [0.1, 0.15) is 5.82 Å². The number of carbonyl (C=O) groups excluding carboxylic acids is 1. The SMILES string of the molecule is C=CCSc1nc2nc(C)cc(Nc3ccc(C(=O)/C=C/c4ccc5ccccc5c4)cc3)n2n1. The Kier molecular flexibility index (Phi) is 6.41. The van der Waals surface area contributed by atoms with Crippen LogP contribution < -0.4 is 5.32 Å². The smallest absolute Gasteiger partial charge is 0.255 e. The summed E-state index contributed by atoms with van der Waals surface area (Å²) < 4.78 is 1.68. The maximum Gasteiger partial charge on any atom is 0.255 e. The molecule has 0 atom stereocenters. The quantitative estimate of drug-likeness (QED) is 0.119. The first-order valence-corrected chi connectivity index (χ1v) is 12.1. The summed E-state index contributed by atoms with van der Waals surface area (Å²) in [5, 5.41) is 10.9. The van der Waals surface area contributed by atoms with Gasteiger partial charge in [0.05, 0.1) is 0 Å². The van der Waals surface area contributed by atoms with E-state index < -0.39 is 0 Å². The average molecular weight is 478 g/mol. The molecular weight excluding hydrogens is 454 g/mol. The van der Waals surface area contributed by atoms with Gasteiger partial charge in [-0.25, -0.2) is 4.98 Å². The molecule has 1 N–H and O–H groups in total. The van der Waals surface area contributed by atoms with Gasteiger partial charge < -0.3 is 5.32 Å². The summed E-state index contributed by atoms with van der Waals surface area (Å²) in [7, 11) is 0. The molecule has 0 saturated carbocycles. The zero-order chi connectivity index (χ0) is 24.2. The maximum absolute atomic E-state index is 12.7. The van der Waals surface area contributed by atoms with E-state index in [1.807, 2.05) is 67.6 Å². The number of hydrogen-bond donors (Lipinski definition) is 1. The number of ketones is 1. The fourth-order valence-electron chi connectivity index (χ4n) is 3.70. The normalized spacial score (nSPS) is 11.3. The van der Waals surface area contributed by atoms with Crippen LogP contribution in [0.1, 0.15) is 21.6 Å². The van der Waals surface area contributed by atoms with Crippen LogP contribution in [0.25, 0.3) is 22.6 Å². The molecule has 0 spiro atoms. The molecule has 0 aliphatic heterocycles. The fourth-order valence-corrected chi connectivity index (χ4v) is 4.25. The zero-order valence-electron chi connectivity index (χ0n) is 19.2. The Balaban J connectivity index is 1.31. The molecule has 35 heavy (non-hydrogen) atoms. The van der Waals surface area contributed by atoms with Crippen molar-refractivity contribution in [1.29, 1.82) is 0 Å². The fraction of sp³-hybridized carbons (Fsp3) is 0.0714. The van der Waals surface area contributed by atoms with Gasteiger partial charge in [-0.2, -0.15) is 9.50 Å². The molecule has 2 heterocycles. The van der Waals surface area contributed by atoms with Crippen molar-refractivity contribution in [3.63, 3.8) is 0 Å². The second-order valence-electron chi connectivity index (χ2n) is 8.00. The molecule has 3 aromatic carbocycles. The molecule has 5 rings (SSSR count). The second-order valence-corrected chi connectivity index (χ2v) is 8.98. The van der Waals surface area contributed by atoms with E-state index in [9.17, 15) is 4.79 Å². The lowest BCUT2D eigenvalue weighted by atomic mass is 10.1. The van der Waals surface area contributed by atoms with Crippen LogP contribution in [-0.2, 0) is 0 Å². The third-order valence-electron chi connectivity index (χ3n) is 5.39. The highest BCUT2D eigenvalue weighted by Crippen LogP contribution is 2.22. The molecule has 6 nitrogen and oxygen atoms in total. The second kappa shape index (κ2) is 9.95.